The summed E-state index contributed by atoms with van der Waals surface area (Å²) in [5, 5.41) is 2.57. The minimum absolute atomic E-state index is 0.380. The van der Waals surface area contributed by atoms with Gasteiger partial charge in [-0.3, -0.25) is 4.40 Å². The van der Waals surface area contributed by atoms with E-state index in [0.29, 0.717) is 23.9 Å². The smallest absolute Gasteiger partial charge is 0.193 e. The van der Waals surface area contributed by atoms with Crippen molar-refractivity contribution in [1.29, 1.82) is 0 Å². The highest BCUT2D eigenvalue weighted by Crippen LogP contribution is 2.29. The maximum Gasteiger partial charge on any atom is 0.193 e. The number of aromatic nitrogens is 2. The molecule has 1 aromatic carbocycles. The highest BCUT2D eigenvalue weighted by molar-refractivity contribution is 7.15. The molecule has 0 saturated heterocycles. The number of hydrogen-bond acceptors (Lipinski definition) is 4. The van der Waals surface area contributed by atoms with Crippen molar-refractivity contribution in [3.63, 3.8) is 0 Å². The summed E-state index contributed by atoms with van der Waals surface area (Å²) in [6.07, 6.45) is 3.92. The van der Waals surface area contributed by atoms with E-state index in [1.165, 1.54) is 0 Å². The van der Waals surface area contributed by atoms with Crippen molar-refractivity contribution < 1.29 is 4.74 Å². The van der Waals surface area contributed by atoms with Crippen LogP contribution in [0.25, 0.3) is 4.96 Å². The Morgan fingerprint density at radius 3 is 3.11 bits per heavy atom. The molecular formula is C13H12ClN3OS. The molecule has 0 saturated carbocycles. The fourth-order valence-electron chi connectivity index (χ4n) is 1.87. The molecule has 0 aliphatic carbocycles. The summed E-state index contributed by atoms with van der Waals surface area (Å²) in [6, 6.07) is 5.57. The third-order valence-corrected chi connectivity index (χ3v) is 3.84. The van der Waals surface area contributed by atoms with Crippen LogP contribution in [0.4, 0.5) is 0 Å². The summed E-state index contributed by atoms with van der Waals surface area (Å²) in [6.45, 7) is 0.777. The highest BCUT2D eigenvalue weighted by atomic mass is 35.5. The first kappa shape index (κ1) is 12.5. The van der Waals surface area contributed by atoms with Crippen molar-refractivity contribution in [1.82, 2.24) is 9.38 Å². The average Bonchev–Trinajstić information content (AvgIpc) is 2.97. The van der Waals surface area contributed by atoms with Gasteiger partial charge in [-0.05, 0) is 6.07 Å². The number of hydrogen-bond donors (Lipinski definition) is 1. The first-order chi connectivity index (χ1) is 9.28. The van der Waals surface area contributed by atoms with E-state index in [1.54, 1.807) is 17.4 Å². The van der Waals surface area contributed by atoms with Crippen molar-refractivity contribution >= 4 is 27.9 Å². The molecule has 0 bridgehead atoms. The van der Waals surface area contributed by atoms with Crippen LogP contribution >= 0.6 is 22.9 Å². The highest BCUT2D eigenvalue weighted by Gasteiger charge is 2.09. The van der Waals surface area contributed by atoms with E-state index >= 15 is 0 Å². The molecule has 6 heteroatoms. The number of ether oxygens (including phenoxy) is 1. The van der Waals surface area contributed by atoms with Crippen LogP contribution in [0.15, 0.2) is 36.0 Å². The number of nitrogens with zero attached hydrogens (tertiary/aromatic N) is 2. The summed E-state index contributed by atoms with van der Waals surface area (Å²) >= 11 is 7.72. The topological polar surface area (TPSA) is 52.5 Å². The first-order valence-corrected chi connectivity index (χ1v) is 7.05. The van der Waals surface area contributed by atoms with Crippen LogP contribution in [-0.2, 0) is 13.2 Å². The van der Waals surface area contributed by atoms with Gasteiger partial charge in [0.2, 0.25) is 0 Å². The standard InChI is InChI=1S/C13H12ClN3OS/c14-11-3-1-2-9(6-15)12(11)18-8-10-7-17-4-5-19-13(17)16-10/h1-5,7H,6,8,15H2. The molecule has 3 rings (SSSR count). The van der Waals surface area contributed by atoms with Gasteiger partial charge in [-0.15, -0.1) is 11.3 Å². The Hall–Kier alpha value is -1.56. The zero-order valence-electron chi connectivity index (χ0n) is 10.0. The van der Waals surface area contributed by atoms with Gasteiger partial charge in [0.25, 0.3) is 0 Å². The van der Waals surface area contributed by atoms with Gasteiger partial charge in [0.1, 0.15) is 12.4 Å². The van der Waals surface area contributed by atoms with Crippen molar-refractivity contribution in [2.45, 2.75) is 13.2 Å². The molecule has 2 aromatic heterocycles. The predicted molar refractivity (Wildman–Crippen MR) is 76.7 cm³/mol. The number of para-hydroxylation sites is 1. The molecule has 4 nitrogen and oxygen atoms in total. The lowest BCUT2D eigenvalue weighted by molar-refractivity contribution is 0.299. The number of thiazole rings is 1. The summed E-state index contributed by atoms with van der Waals surface area (Å²) in [5.74, 6) is 0.642. The molecule has 2 heterocycles. The van der Waals surface area contributed by atoms with Gasteiger partial charge in [0, 0.05) is 29.9 Å². The predicted octanol–water partition coefficient (Wildman–Crippen LogP) is 3.09. The summed E-state index contributed by atoms with van der Waals surface area (Å²) in [4.78, 5) is 5.41. The average molecular weight is 294 g/mol. The molecule has 0 aliphatic rings. The van der Waals surface area contributed by atoms with Crippen molar-refractivity contribution in [2.75, 3.05) is 0 Å². The minimum Gasteiger partial charge on any atom is -0.485 e. The fraction of sp³-hybridized carbons (Fsp3) is 0.154. The molecule has 0 spiro atoms. The van der Waals surface area contributed by atoms with E-state index in [4.69, 9.17) is 22.1 Å². The molecule has 2 N–H and O–H groups in total. The molecule has 19 heavy (non-hydrogen) atoms. The molecule has 0 radical (unpaired) electrons. The van der Waals surface area contributed by atoms with Gasteiger partial charge in [-0.25, -0.2) is 4.98 Å². The van der Waals surface area contributed by atoms with Gasteiger partial charge in [0.15, 0.2) is 4.96 Å². The lowest BCUT2D eigenvalue weighted by Crippen LogP contribution is -2.03. The van der Waals surface area contributed by atoms with Crippen molar-refractivity contribution in [2.24, 2.45) is 5.73 Å². The van der Waals surface area contributed by atoms with E-state index in [9.17, 15) is 0 Å². The van der Waals surface area contributed by atoms with Crippen LogP contribution in [0.2, 0.25) is 5.02 Å². The van der Waals surface area contributed by atoms with Crippen LogP contribution in [0.1, 0.15) is 11.3 Å². The maximum absolute atomic E-state index is 6.13. The van der Waals surface area contributed by atoms with Crippen LogP contribution in [0.5, 0.6) is 5.75 Å². The summed E-state index contributed by atoms with van der Waals surface area (Å²) in [7, 11) is 0. The Labute approximate surface area is 119 Å². The quantitative estimate of drug-likeness (QED) is 0.804. The first-order valence-electron chi connectivity index (χ1n) is 5.79. The Bertz CT molecular complexity index is 678. The van der Waals surface area contributed by atoms with Crippen molar-refractivity contribution in [3.8, 4) is 5.75 Å². The zero-order valence-corrected chi connectivity index (χ0v) is 11.6. The summed E-state index contributed by atoms with van der Waals surface area (Å²) in [5.41, 5.74) is 7.44. The van der Waals surface area contributed by atoms with E-state index in [1.807, 2.05) is 34.3 Å². The van der Waals surface area contributed by atoms with Crippen LogP contribution in [-0.4, -0.2) is 9.38 Å². The Balaban J connectivity index is 1.80. The van der Waals surface area contributed by atoms with E-state index in [0.717, 1.165) is 16.2 Å². The maximum atomic E-state index is 6.13. The molecule has 98 valence electrons. The number of halogens is 1. The third kappa shape index (κ3) is 2.45. The molecule has 0 unspecified atom stereocenters. The van der Waals surface area contributed by atoms with Gasteiger partial charge < -0.3 is 10.5 Å². The SMILES string of the molecule is NCc1cccc(Cl)c1OCc1cn2ccsc2n1. The van der Waals surface area contributed by atoms with E-state index < -0.39 is 0 Å². The van der Waals surface area contributed by atoms with Gasteiger partial charge in [-0.1, -0.05) is 23.7 Å². The Morgan fingerprint density at radius 1 is 1.42 bits per heavy atom. The lowest BCUT2D eigenvalue weighted by Gasteiger charge is -2.10. The largest absolute Gasteiger partial charge is 0.485 e. The number of imidazole rings is 1. The summed E-state index contributed by atoms with van der Waals surface area (Å²) < 4.78 is 7.73. The Morgan fingerprint density at radius 2 is 2.32 bits per heavy atom. The van der Waals surface area contributed by atoms with E-state index in [-0.39, 0.29) is 0 Å². The molecular weight excluding hydrogens is 282 g/mol. The molecule has 0 atom stereocenters. The van der Waals surface area contributed by atoms with Gasteiger partial charge in [0.05, 0.1) is 10.7 Å². The zero-order chi connectivity index (χ0) is 13.2. The normalized spacial score (nSPS) is 11.1. The second kappa shape index (κ2) is 5.21. The second-order valence-electron chi connectivity index (χ2n) is 4.05. The molecule has 0 amide bonds. The van der Waals surface area contributed by atoms with Crippen LogP contribution in [0, 0.1) is 0 Å². The molecule has 3 aromatic rings. The number of fused-ring (bicyclic) bond motifs is 1. The monoisotopic (exact) mass is 293 g/mol. The second-order valence-corrected chi connectivity index (χ2v) is 5.33. The number of rotatable bonds is 4. The number of nitrogens with two attached hydrogens (primary N) is 1. The molecule has 0 fully saturated rings. The van der Waals surface area contributed by atoms with Gasteiger partial charge in [-0.2, -0.15) is 0 Å². The Kier molecular flexibility index (Phi) is 3.42. The fourth-order valence-corrected chi connectivity index (χ4v) is 2.84. The van der Waals surface area contributed by atoms with Crippen LogP contribution in [0.3, 0.4) is 0 Å². The van der Waals surface area contributed by atoms with Crippen LogP contribution < -0.4 is 10.5 Å². The third-order valence-electron chi connectivity index (χ3n) is 2.78. The van der Waals surface area contributed by atoms with Crippen molar-refractivity contribution in [3.05, 3.63) is 52.3 Å². The minimum atomic E-state index is 0.380. The molecule has 0 aliphatic heterocycles. The van der Waals surface area contributed by atoms with Gasteiger partial charge >= 0.3 is 0 Å². The van der Waals surface area contributed by atoms with E-state index in [2.05, 4.69) is 4.98 Å². The lowest BCUT2D eigenvalue weighted by atomic mass is 10.2. The number of benzene rings is 1.